The summed E-state index contributed by atoms with van der Waals surface area (Å²) in [5, 5.41) is 3.39. The number of thiazole rings is 1. The first kappa shape index (κ1) is 21.5. The topological polar surface area (TPSA) is 80.8 Å². The maximum absolute atomic E-state index is 13.0. The molecule has 1 saturated carbocycles. The van der Waals surface area contributed by atoms with Gasteiger partial charge in [0.05, 0.1) is 19.9 Å². The molecule has 0 spiro atoms. The van der Waals surface area contributed by atoms with E-state index in [4.69, 9.17) is 14.5 Å². The molecule has 0 bridgehead atoms. The molecule has 1 aromatic heterocycles. The van der Waals surface area contributed by atoms with Crippen LogP contribution >= 0.6 is 11.3 Å². The van der Waals surface area contributed by atoms with Gasteiger partial charge in [-0.25, -0.2) is 4.98 Å². The lowest BCUT2D eigenvalue weighted by Crippen LogP contribution is -2.30. The predicted molar refractivity (Wildman–Crippen MR) is 129 cm³/mol. The van der Waals surface area contributed by atoms with Gasteiger partial charge in [-0.1, -0.05) is 12.1 Å². The van der Waals surface area contributed by atoms with Gasteiger partial charge in [0.15, 0.2) is 5.13 Å². The molecule has 3 aromatic rings. The number of nitrogens with zero attached hydrogens (tertiary/aromatic N) is 2. The summed E-state index contributed by atoms with van der Waals surface area (Å²) in [6, 6.07) is 11.4. The highest BCUT2D eigenvalue weighted by Gasteiger charge is 2.36. The van der Waals surface area contributed by atoms with E-state index in [2.05, 4.69) is 11.4 Å². The predicted octanol–water partition coefficient (Wildman–Crippen LogP) is 4.69. The number of benzene rings is 2. The van der Waals surface area contributed by atoms with E-state index in [1.807, 2.05) is 24.0 Å². The zero-order valence-electron chi connectivity index (χ0n) is 18.8. The lowest BCUT2D eigenvalue weighted by atomic mass is 10.1. The maximum atomic E-state index is 13.0. The van der Waals surface area contributed by atoms with Gasteiger partial charge in [0.1, 0.15) is 17.1 Å². The molecule has 2 amide bonds. The van der Waals surface area contributed by atoms with Gasteiger partial charge in [0.25, 0.3) is 5.91 Å². The molecule has 0 radical (unpaired) electrons. The second-order valence-corrected chi connectivity index (χ2v) is 9.48. The second-order valence-electron chi connectivity index (χ2n) is 8.27. The van der Waals surface area contributed by atoms with Crippen molar-refractivity contribution < 1.29 is 19.1 Å². The Kier molecular flexibility index (Phi) is 5.54. The third-order valence-corrected chi connectivity index (χ3v) is 7.00. The fourth-order valence-corrected chi connectivity index (χ4v) is 5.11. The zero-order valence-corrected chi connectivity index (χ0v) is 19.6. The smallest absolute Gasteiger partial charge is 0.265 e. The van der Waals surface area contributed by atoms with Crippen LogP contribution in [0.5, 0.6) is 11.5 Å². The molecular weight excluding hydrogens is 438 g/mol. The number of aryl methyl sites for hydroxylation is 1. The molecule has 8 heteroatoms. The van der Waals surface area contributed by atoms with Gasteiger partial charge >= 0.3 is 0 Å². The van der Waals surface area contributed by atoms with Crippen LogP contribution in [0.4, 0.5) is 10.8 Å². The quantitative estimate of drug-likeness (QED) is 0.574. The molecule has 2 aliphatic rings. The summed E-state index contributed by atoms with van der Waals surface area (Å²) in [4.78, 5) is 33.2. The number of fused-ring (bicyclic) bond motifs is 1. The Morgan fingerprint density at radius 1 is 1.12 bits per heavy atom. The number of hydrogen-bond acceptors (Lipinski definition) is 6. The molecule has 7 nitrogen and oxygen atoms in total. The fourth-order valence-electron chi connectivity index (χ4n) is 4.28. The van der Waals surface area contributed by atoms with Crippen LogP contribution in [0.3, 0.4) is 0 Å². The van der Waals surface area contributed by atoms with Gasteiger partial charge in [0, 0.05) is 28.6 Å². The van der Waals surface area contributed by atoms with Crippen LogP contribution < -0.4 is 19.7 Å². The van der Waals surface area contributed by atoms with Crippen molar-refractivity contribution in [3.63, 3.8) is 0 Å². The van der Waals surface area contributed by atoms with Crippen molar-refractivity contribution in [2.24, 2.45) is 5.92 Å². The third-order valence-electron chi connectivity index (χ3n) is 6.11. The minimum absolute atomic E-state index is 0.212. The molecule has 33 heavy (non-hydrogen) atoms. The van der Waals surface area contributed by atoms with Crippen molar-refractivity contribution in [3.8, 4) is 22.8 Å². The Morgan fingerprint density at radius 2 is 1.85 bits per heavy atom. The summed E-state index contributed by atoms with van der Waals surface area (Å²) in [5.74, 6) is 0.994. The molecular formula is C25H25N3O4S. The molecule has 1 N–H and O–H groups in total. The summed E-state index contributed by atoms with van der Waals surface area (Å²) in [6.45, 7) is 2.73. The van der Waals surface area contributed by atoms with Crippen LogP contribution in [-0.4, -0.2) is 37.6 Å². The summed E-state index contributed by atoms with van der Waals surface area (Å²) in [5.41, 5.74) is 4.32. The summed E-state index contributed by atoms with van der Waals surface area (Å²) in [7, 11) is 3.04. The number of methoxy groups -OCH3 is 2. The molecule has 1 fully saturated rings. The third kappa shape index (κ3) is 3.95. The van der Waals surface area contributed by atoms with E-state index in [9.17, 15) is 9.59 Å². The molecule has 170 valence electrons. The summed E-state index contributed by atoms with van der Waals surface area (Å²) >= 11 is 1.42. The Hall–Kier alpha value is -3.39. The average molecular weight is 464 g/mol. The second kappa shape index (κ2) is 8.51. The normalized spacial score (nSPS) is 14.7. The SMILES string of the molecule is COc1cccc(OC)c1C(=O)Nc1nc(-c2ccc3c(c2)CCN3C(=O)C2CC2)c(C)s1. The van der Waals surface area contributed by atoms with Gasteiger partial charge in [-0.15, -0.1) is 11.3 Å². The first-order valence-electron chi connectivity index (χ1n) is 10.9. The number of hydrogen-bond donors (Lipinski definition) is 1. The van der Waals surface area contributed by atoms with Gasteiger partial charge in [-0.2, -0.15) is 0 Å². The number of carbonyl (C=O) groups excluding carboxylic acids is 2. The number of aromatic nitrogens is 1. The fraction of sp³-hybridized carbons (Fsp3) is 0.320. The highest BCUT2D eigenvalue weighted by molar-refractivity contribution is 7.16. The van der Waals surface area contributed by atoms with Crippen molar-refractivity contribution in [3.05, 3.63) is 52.4 Å². The van der Waals surface area contributed by atoms with E-state index in [-0.39, 0.29) is 17.7 Å². The molecule has 5 rings (SSSR count). The molecule has 0 saturated heterocycles. The van der Waals surface area contributed by atoms with Crippen LogP contribution in [0.15, 0.2) is 36.4 Å². The van der Waals surface area contributed by atoms with Gasteiger partial charge in [-0.3, -0.25) is 14.9 Å². The van der Waals surface area contributed by atoms with E-state index < -0.39 is 0 Å². The average Bonchev–Trinajstić information content (AvgIpc) is 3.50. The molecule has 2 aromatic carbocycles. The van der Waals surface area contributed by atoms with Crippen molar-refractivity contribution in [1.82, 2.24) is 4.98 Å². The first-order valence-corrected chi connectivity index (χ1v) is 11.8. The number of amides is 2. The van der Waals surface area contributed by atoms with Crippen LogP contribution in [0.25, 0.3) is 11.3 Å². The van der Waals surface area contributed by atoms with E-state index >= 15 is 0 Å². The van der Waals surface area contributed by atoms with Crippen molar-refractivity contribution in [2.75, 3.05) is 31.0 Å². The van der Waals surface area contributed by atoms with Crippen LogP contribution in [0.2, 0.25) is 0 Å². The number of nitrogens with one attached hydrogen (secondary N) is 1. The highest BCUT2D eigenvalue weighted by atomic mass is 32.1. The lowest BCUT2D eigenvalue weighted by Gasteiger charge is -2.17. The van der Waals surface area contributed by atoms with Crippen LogP contribution in [0, 0.1) is 12.8 Å². The minimum atomic E-state index is -0.340. The zero-order chi connectivity index (χ0) is 23.1. The minimum Gasteiger partial charge on any atom is -0.496 e. The van der Waals surface area contributed by atoms with E-state index in [0.717, 1.165) is 47.6 Å². The van der Waals surface area contributed by atoms with Gasteiger partial charge < -0.3 is 14.4 Å². The highest BCUT2D eigenvalue weighted by Crippen LogP contribution is 2.39. The monoisotopic (exact) mass is 463 g/mol. The van der Waals surface area contributed by atoms with E-state index in [1.165, 1.54) is 31.1 Å². The van der Waals surface area contributed by atoms with Crippen molar-refractivity contribution in [1.29, 1.82) is 0 Å². The van der Waals surface area contributed by atoms with Gasteiger partial charge in [-0.05, 0) is 56.0 Å². The Morgan fingerprint density at radius 3 is 2.52 bits per heavy atom. The molecule has 2 heterocycles. The molecule has 1 aliphatic carbocycles. The first-order chi connectivity index (χ1) is 16.0. The Balaban J connectivity index is 1.39. The number of rotatable bonds is 6. The van der Waals surface area contributed by atoms with Crippen molar-refractivity contribution in [2.45, 2.75) is 26.2 Å². The van der Waals surface area contributed by atoms with Crippen molar-refractivity contribution >= 4 is 34.0 Å². The summed E-state index contributed by atoms with van der Waals surface area (Å²) < 4.78 is 10.7. The van der Waals surface area contributed by atoms with Crippen LogP contribution in [0.1, 0.15) is 33.6 Å². The summed E-state index contributed by atoms with van der Waals surface area (Å²) in [6.07, 6.45) is 2.87. The lowest BCUT2D eigenvalue weighted by molar-refractivity contribution is -0.119. The molecule has 0 unspecified atom stereocenters. The largest absolute Gasteiger partial charge is 0.496 e. The van der Waals surface area contributed by atoms with Crippen LogP contribution in [-0.2, 0) is 11.2 Å². The standard InChI is InChI=1S/C25H25N3O4S/c1-14-22(17-9-10-18-16(13-17)11-12-28(18)24(30)15-7-8-15)26-25(33-14)27-23(29)21-19(31-2)5-4-6-20(21)32-3/h4-6,9-10,13,15H,7-8,11-12H2,1-3H3,(H,26,27,29). The Labute approximate surface area is 196 Å². The van der Waals surface area contributed by atoms with E-state index in [0.29, 0.717) is 22.2 Å². The number of anilines is 2. The Bertz CT molecular complexity index is 1230. The molecule has 0 atom stereocenters. The maximum Gasteiger partial charge on any atom is 0.265 e. The number of carbonyl (C=O) groups is 2. The van der Waals surface area contributed by atoms with Gasteiger partial charge in [0.2, 0.25) is 5.91 Å². The van der Waals surface area contributed by atoms with E-state index in [1.54, 1.807) is 18.2 Å². The number of ether oxygens (including phenoxy) is 2. The molecule has 1 aliphatic heterocycles.